The molecule has 1 aromatic carbocycles. The fraction of sp³-hybridized carbons (Fsp3) is 0.368. The first-order chi connectivity index (χ1) is 13.0. The third-order valence-electron chi connectivity index (χ3n) is 4.40. The molecule has 27 heavy (non-hydrogen) atoms. The number of benzene rings is 1. The molecule has 2 heterocycles. The summed E-state index contributed by atoms with van der Waals surface area (Å²) in [7, 11) is 0. The van der Waals surface area contributed by atoms with Crippen molar-refractivity contribution in [2.24, 2.45) is 0 Å². The van der Waals surface area contributed by atoms with Crippen LogP contribution in [-0.4, -0.2) is 45.4 Å². The Bertz CT molecular complexity index is 865. The van der Waals surface area contributed by atoms with Gasteiger partial charge in [-0.3, -0.25) is 14.4 Å². The van der Waals surface area contributed by atoms with Crippen LogP contribution in [0, 0.1) is 0 Å². The summed E-state index contributed by atoms with van der Waals surface area (Å²) in [6.07, 6.45) is 0.432. The van der Waals surface area contributed by atoms with E-state index in [0.29, 0.717) is 5.69 Å². The number of hydrogen-bond acceptors (Lipinski definition) is 5. The van der Waals surface area contributed by atoms with Crippen molar-refractivity contribution in [3.05, 3.63) is 64.3 Å². The number of ether oxygens (including phenoxy) is 1. The first-order valence-electron chi connectivity index (χ1n) is 8.76. The Morgan fingerprint density at radius 1 is 1.33 bits per heavy atom. The molecule has 1 fully saturated rings. The number of hydrogen-bond donors (Lipinski definition) is 2. The standard InChI is InChI=1S/C19H22N4O4/c1-12(2)23-16(25)10-27-18(17(23)13-6-4-3-5-7-13)19(26)20-9-14-8-15(24)22-11-21-14/h3-8,11-12,17-18H,9-10H2,1-2H3,(H,20,26)(H,21,22,24)/t17-,18+/m1/s1. The maximum atomic E-state index is 12.8. The number of amides is 2. The summed E-state index contributed by atoms with van der Waals surface area (Å²) in [5.41, 5.74) is 0.978. The zero-order valence-corrected chi connectivity index (χ0v) is 15.2. The summed E-state index contributed by atoms with van der Waals surface area (Å²) < 4.78 is 5.62. The lowest BCUT2D eigenvalue weighted by Gasteiger charge is -2.42. The van der Waals surface area contributed by atoms with Crippen LogP contribution in [0.2, 0.25) is 0 Å². The average molecular weight is 370 g/mol. The summed E-state index contributed by atoms with van der Waals surface area (Å²) in [6.45, 7) is 3.77. The van der Waals surface area contributed by atoms with Gasteiger partial charge in [0.25, 0.3) is 11.5 Å². The molecule has 1 aliphatic rings. The van der Waals surface area contributed by atoms with E-state index in [1.807, 2.05) is 44.2 Å². The number of carbonyl (C=O) groups excluding carboxylic acids is 2. The van der Waals surface area contributed by atoms with Crippen LogP contribution >= 0.6 is 0 Å². The summed E-state index contributed by atoms with van der Waals surface area (Å²) in [5.74, 6) is -0.511. The highest BCUT2D eigenvalue weighted by molar-refractivity contribution is 5.86. The van der Waals surface area contributed by atoms with E-state index in [1.165, 1.54) is 12.4 Å². The summed E-state index contributed by atoms with van der Waals surface area (Å²) in [4.78, 5) is 44.7. The molecule has 0 spiro atoms. The Morgan fingerprint density at radius 3 is 2.74 bits per heavy atom. The van der Waals surface area contributed by atoms with Gasteiger partial charge in [-0.2, -0.15) is 0 Å². The molecule has 142 valence electrons. The lowest BCUT2D eigenvalue weighted by Crippen LogP contribution is -2.56. The van der Waals surface area contributed by atoms with E-state index >= 15 is 0 Å². The second-order valence-corrected chi connectivity index (χ2v) is 6.60. The van der Waals surface area contributed by atoms with Crippen LogP contribution < -0.4 is 10.9 Å². The molecular weight excluding hydrogens is 348 g/mol. The lowest BCUT2D eigenvalue weighted by molar-refractivity contribution is -0.167. The molecule has 3 rings (SSSR count). The second-order valence-electron chi connectivity index (χ2n) is 6.60. The number of rotatable bonds is 5. The molecule has 0 unspecified atom stereocenters. The van der Waals surface area contributed by atoms with Crippen molar-refractivity contribution < 1.29 is 14.3 Å². The Morgan fingerprint density at radius 2 is 2.07 bits per heavy atom. The molecule has 8 heteroatoms. The molecule has 1 saturated heterocycles. The van der Waals surface area contributed by atoms with Crippen molar-refractivity contribution in [1.82, 2.24) is 20.2 Å². The van der Waals surface area contributed by atoms with Crippen molar-refractivity contribution >= 4 is 11.8 Å². The highest BCUT2D eigenvalue weighted by atomic mass is 16.5. The molecule has 1 aliphatic heterocycles. The number of aromatic amines is 1. The zero-order valence-electron chi connectivity index (χ0n) is 15.2. The minimum atomic E-state index is -0.852. The fourth-order valence-corrected chi connectivity index (χ4v) is 3.23. The fourth-order valence-electron chi connectivity index (χ4n) is 3.23. The number of morpholine rings is 1. The topological polar surface area (TPSA) is 104 Å². The molecular formula is C19H22N4O4. The lowest BCUT2D eigenvalue weighted by atomic mass is 9.96. The third-order valence-corrected chi connectivity index (χ3v) is 4.40. The quantitative estimate of drug-likeness (QED) is 0.809. The molecule has 2 N–H and O–H groups in total. The van der Waals surface area contributed by atoms with Gasteiger partial charge in [-0.15, -0.1) is 0 Å². The van der Waals surface area contributed by atoms with Gasteiger partial charge in [-0.1, -0.05) is 30.3 Å². The van der Waals surface area contributed by atoms with E-state index in [4.69, 9.17) is 4.74 Å². The first kappa shape index (κ1) is 18.8. The molecule has 2 amide bonds. The Kier molecular flexibility index (Phi) is 5.66. The molecule has 8 nitrogen and oxygen atoms in total. The SMILES string of the molecule is CC(C)N1C(=O)CO[C@H](C(=O)NCc2cc(=O)[nH]cn2)[C@H]1c1ccccc1. The van der Waals surface area contributed by atoms with Crippen LogP contribution in [0.15, 0.2) is 47.5 Å². The van der Waals surface area contributed by atoms with Crippen LogP contribution in [0.3, 0.4) is 0 Å². The smallest absolute Gasteiger partial charge is 0.252 e. The summed E-state index contributed by atoms with van der Waals surface area (Å²) in [6, 6.07) is 10.1. The Balaban J connectivity index is 1.83. The predicted molar refractivity (Wildman–Crippen MR) is 97.6 cm³/mol. The average Bonchev–Trinajstić information content (AvgIpc) is 2.66. The van der Waals surface area contributed by atoms with E-state index in [0.717, 1.165) is 5.56 Å². The minimum absolute atomic E-state index is 0.0868. The van der Waals surface area contributed by atoms with Gasteiger partial charge in [0.2, 0.25) is 5.91 Å². The maximum Gasteiger partial charge on any atom is 0.252 e. The van der Waals surface area contributed by atoms with Gasteiger partial charge in [-0.25, -0.2) is 4.98 Å². The van der Waals surface area contributed by atoms with Crippen molar-refractivity contribution in [1.29, 1.82) is 0 Å². The van der Waals surface area contributed by atoms with E-state index in [9.17, 15) is 14.4 Å². The molecule has 0 saturated carbocycles. The van der Waals surface area contributed by atoms with Gasteiger partial charge in [0.05, 0.1) is 24.6 Å². The van der Waals surface area contributed by atoms with Crippen LogP contribution in [0.4, 0.5) is 0 Å². The normalized spacial score (nSPS) is 20.0. The minimum Gasteiger partial charge on any atom is -0.356 e. The highest BCUT2D eigenvalue weighted by Gasteiger charge is 2.42. The van der Waals surface area contributed by atoms with Crippen LogP contribution in [0.5, 0.6) is 0 Å². The number of aromatic nitrogens is 2. The molecule has 0 aliphatic carbocycles. The van der Waals surface area contributed by atoms with Gasteiger partial charge in [0.15, 0.2) is 6.10 Å². The molecule has 2 aromatic rings. The Labute approximate surface area is 156 Å². The van der Waals surface area contributed by atoms with Gasteiger partial charge in [0.1, 0.15) is 6.61 Å². The number of H-pyrrole nitrogens is 1. The second kappa shape index (κ2) is 8.13. The predicted octanol–water partition coefficient (Wildman–Crippen LogP) is 0.763. The van der Waals surface area contributed by atoms with Crippen LogP contribution in [0.25, 0.3) is 0 Å². The summed E-state index contributed by atoms with van der Waals surface area (Å²) >= 11 is 0. The zero-order chi connectivity index (χ0) is 19.4. The molecule has 0 radical (unpaired) electrons. The van der Waals surface area contributed by atoms with Crippen molar-refractivity contribution in [3.8, 4) is 0 Å². The van der Waals surface area contributed by atoms with E-state index in [-0.39, 0.29) is 36.6 Å². The number of nitrogens with zero attached hydrogens (tertiary/aromatic N) is 2. The summed E-state index contributed by atoms with van der Waals surface area (Å²) in [5, 5.41) is 2.75. The molecule has 0 bridgehead atoms. The van der Waals surface area contributed by atoms with E-state index < -0.39 is 12.1 Å². The van der Waals surface area contributed by atoms with Crippen molar-refractivity contribution in [2.45, 2.75) is 38.6 Å². The van der Waals surface area contributed by atoms with Crippen molar-refractivity contribution in [2.75, 3.05) is 6.61 Å². The van der Waals surface area contributed by atoms with Gasteiger partial charge in [-0.05, 0) is 19.4 Å². The molecule has 1 aromatic heterocycles. The Hall–Kier alpha value is -3.00. The van der Waals surface area contributed by atoms with E-state index in [2.05, 4.69) is 15.3 Å². The van der Waals surface area contributed by atoms with E-state index in [1.54, 1.807) is 4.90 Å². The van der Waals surface area contributed by atoms with Crippen molar-refractivity contribution in [3.63, 3.8) is 0 Å². The van der Waals surface area contributed by atoms with Gasteiger partial charge >= 0.3 is 0 Å². The number of nitrogens with one attached hydrogen (secondary N) is 2. The third kappa shape index (κ3) is 4.22. The highest BCUT2D eigenvalue weighted by Crippen LogP contribution is 2.32. The van der Waals surface area contributed by atoms with Gasteiger partial charge in [0, 0.05) is 12.1 Å². The monoisotopic (exact) mass is 370 g/mol. The van der Waals surface area contributed by atoms with Gasteiger partial charge < -0.3 is 19.9 Å². The molecule has 2 atom stereocenters. The number of carbonyl (C=O) groups is 2. The largest absolute Gasteiger partial charge is 0.356 e. The maximum absolute atomic E-state index is 12.8. The van der Waals surface area contributed by atoms with Crippen LogP contribution in [-0.2, 0) is 20.9 Å². The van der Waals surface area contributed by atoms with Crippen LogP contribution in [0.1, 0.15) is 31.1 Å². The first-order valence-corrected chi connectivity index (χ1v) is 8.76.